The third-order valence-corrected chi connectivity index (χ3v) is 7.06. The van der Waals surface area contributed by atoms with Crippen LogP contribution in [0.15, 0.2) is 30.6 Å². The van der Waals surface area contributed by atoms with Gasteiger partial charge >= 0.3 is 5.97 Å². The van der Waals surface area contributed by atoms with Crippen molar-refractivity contribution in [3.63, 3.8) is 0 Å². The van der Waals surface area contributed by atoms with Crippen molar-refractivity contribution in [3.05, 3.63) is 63.3 Å². The van der Waals surface area contributed by atoms with Crippen LogP contribution in [0.3, 0.4) is 0 Å². The molecule has 0 saturated carbocycles. The first-order chi connectivity index (χ1) is 16.5. The van der Waals surface area contributed by atoms with Gasteiger partial charge in [-0.3, -0.25) is 9.78 Å². The summed E-state index contributed by atoms with van der Waals surface area (Å²) in [7, 11) is 1.49. The van der Waals surface area contributed by atoms with Crippen molar-refractivity contribution in [2.45, 2.75) is 19.6 Å². The van der Waals surface area contributed by atoms with E-state index in [4.69, 9.17) is 19.5 Å². The summed E-state index contributed by atoms with van der Waals surface area (Å²) >= 11 is 1.24. The lowest BCUT2D eigenvalue weighted by Gasteiger charge is -2.33. The van der Waals surface area contributed by atoms with Crippen LogP contribution in [0, 0.1) is 18.3 Å². The van der Waals surface area contributed by atoms with Gasteiger partial charge in [0.05, 0.1) is 32.0 Å². The smallest absolute Gasteiger partial charge is 0.338 e. The summed E-state index contributed by atoms with van der Waals surface area (Å²) in [6.45, 7) is 3.48. The van der Waals surface area contributed by atoms with Gasteiger partial charge in [-0.15, -0.1) is 11.3 Å². The molecule has 4 heterocycles. The molecule has 1 aromatic carbocycles. The molecule has 2 aromatic heterocycles. The van der Waals surface area contributed by atoms with Crippen LogP contribution in [0.1, 0.15) is 48.4 Å². The van der Waals surface area contributed by atoms with Gasteiger partial charge in [0.15, 0.2) is 0 Å². The Bertz CT molecular complexity index is 1350. The summed E-state index contributed by atoms with van der Waals surface area (Å²) in [6, 6.07) is 7.32. The van der Waals surface area contributed by atoms with Gasteiger partial charge in [-0.1, -0.05) is 6.07 Å². The average molecular weight is 477 g/mol. The van der Waals surface area contributed by atoms with E-state index >= 15 is 0 Å². The van der Waals surface area contributed by atoms with Gasteiger partial charge in [0.25, 0.3) is 5.91 Å². The normalized spacial score (nSPS) is 17.1. The zero-order chi connectivity index (χ0) is 23.8. The Morgan fingerprint density at radius 1 is 1.32 bits per heavy atom. The highest BCUT2D eigenvalue weighted by molar-refractivity contribution is 7.16. The molecule has 1 amide bonds. The first-order valence-corrected chi connectivity index (χ1v) is 11.4. The number of amides is 1. The van der Waals surface area contributed by atoms with Crippen LogP contribution in [-0.4, -0.2) is 53.6 Å². The summed E-state index contributed by atoms with van der Waals surface area (Å²) in [5.74, 6) is -0.0280. The van der Waals surface area contributed by atoms with Crippen molar-refractivity contribution in [2.75, 3.05) is 26.8 Å². The second-order valence-electron chi connectivity index (χ2n) is 7.90. The van der Waals surface area contributed by atoms with E-state index in [1.807, 2.05) is 19.1 Å². The van der Waals surface area contributed by atoms with E-state index in [9.17, 15) is 9.59 Å². The zero-order valence-electron chi connectivity index (χ0n) is 18.5. The van der Waals surface area contributed by atoms with Crippen LogP contribution in [-0.2, 0) is 16.1 Å². The molecule has 0 radical (unpaired) electrons. The summed E-state index contributed by atoms with van der Waals surface area (Å²) < 4.78 is 16.4. The zero-order valence-corrected chi connectivity index (χ0v) is 19.3. The number of ether oxygens (including phenoxy) is 3. The molecule has 0 N–H and O–H groups in total. The second kappa shape index (κ2) is 8.85. The van der Waals surface area contributed by atoms with Crippen molar-refractivity contribution in [1.82, 2.24) is 14.9 Å². The average Bonchev–Trinajstić information content (AvgIpc) is 3.51. The van der Waals surface area contributed by atoms with Gasteiger partial charge in [0.1, 0.15) is 45.7 Å². The molecule has 0 spiro atoms. The lowest BCUT2D eigenvalue weighted by molar-refractivity contribution is -0.0229. The molecule has 0 unspecified atom stereocenters. The Balaban J connectivity index is 1.35. The Morgan fingerprint density at radius 2 is 2.18 bits per heavy atom. The Labute approximate surface area is 199 Å². The molecule has 172 valence electrons. The molecule has 2 aliphatic rings. The van der Waals surface area contributed by atoms with Crippen LogP contribution in [0.5, 0.6) is 5.75 Å². The predicted octanol–water partition coefficient (Wildman–Crippen LogP) is 3.28. The number of morpholine rings is 1. The number of nitriles is 1. The highest BCUT2D eigenvalue weighted by Gasteiger charge is 2.31. The maximum atomic E-state index is 13.2. The molecular weight excluding hydrogens is 456 g/mol. The molecule has 34 heavy (non-hydrogen) atoms. The monoisotopic (exact) mass is 476 g/mol. The summed E-state index contributed by atoms with van der Waals surface area (Å²) in [6.07, 6.45) is 2.68. The van der Waals surface area contributed by atoms with Gasteiger partial charge in [0.2, 0.25) is 0 Å². The van der Waals surface area contributed by atoms with Crippen molar-refractivity contribution in [1.29, 1.82) is 5.26 Å². The van der Waals surface area contributed by atoms with Crippen LogP contribution >= 0.6 is 11.3 Å². The molecular formula is C24H20N4O5S. The minimum absolute atomic E-state index is 0.130. The van der Waals surface area contributed by atoms with Crippen LogP contribution in [0.4, 0.5) is 0 Å². The van der Waals surface area contributed by atoms with Gasteiger partial charge in [-0.2, -0.15) is 5.26 Å². The van der Waals surface area contributed by atoms with E-state index < -0.39 is 0 Å². The lowest BCUT2D eigenvalue weighted by atomic mass is 9.94. The fraction of sp³-hybridized carbons (Fsp3) is 0.292. The standard InChI is InChI=1S/C24H20N4O5S/c1-13-15(3-4-16-17(13)12-33-24(16)30)20-11-28(5-6-32-20)23(29)21-10-27-22(34-21)18-7-19(31-2)14(8-25)9-26-18/h3-4,7,9-10,20H,5-6,11-12H2,1-2H3/t20-/m0/s1. The molecule has 1 fully saturated rings. The maximum Gasteiger partial charge on any atom is 0.338 e. The molecule has 0 bridgehead atoms. The second-order valence-corrected chi connectivity index (χ2v) is 8.93. The maximum absolute atomic E-state index is 13.2. The van der Waals surface area contributed by atoms with E-state index in [0.717, 1.165) is 16.7 Å². The van der Waals surface area contributed by atoms with Crippen molar-refractivity contribution in [2.24, 2.45) is 0 Å². The van der Waals surface area contributed by atoms with Crippen molar-refractivity contribution >= 4 is 23.2 Å². The van der Waals surface area contributed by atoms with E-state index in [1.165, 1.54) is 24.6 Å². The Kier molecular flexibility index (Phi) is 5.73. The number of rotatable bonds is 4. The molecule has 2 aliphatic heterocycles. The number of hydrogen-bond donors (Lipinski definition) is 0. The summed E-state index contributed by atoms with van der Waals surface area (Å²) in [5, 5.41) is 9.71. The number of carbonyl (C=O) groups is 2. The molecule has 1 atom stereocenters. The summed E-state index contributed by atoms with van der Waals surface area (Å²) in [4.78, 5) is 36.0. The number of cyclic esters (lactones) is 1. The number of pyridine rings is 1. The lowest BCUT2D eigenvalue weighted by Crippen LogP contribution is -2.42. The minimum atomic E-state index is -0.304. The number of carbonyl (C=O) groups excluding carboxylic acids is 2. The molecule has 0 aliphatic carbocycles. The van der Waals surface area contributed by atoms with Crippen LogP contribution in [0.2, 0.25) is 0 Å². The van der Waals surface area contributed by atoms with E-state index in [2.05, 4.69) is 9.97 Å². The minimum Gasteiger partial charge on any atom is -0.495 e. The molecule has 3 aromatic rings. The Hall–Kier alpha value is -3.81. The van der Waals surface area contributed by atoms with Crippen molar-refractivity contribution in [3.8, 4) is 22.5 Å². The molecule has 9 nitrogen and oxygen atoms in total. The van der Waals surface area contributed by atoms with E-state index in [0.29, 0.717) is 52.2 Å². The SMILES string of the molecule is COc1cc(-c2ncc(C(=O)N3CCO[C@H](c4ccc5c(c4C)COC5=O)C3)s2)ncc1C#N. The highest BCUT2D eigenvalue weighted by atomic mass is 32.1. The van der Waals surface area contributed by atoms with Crippen LogP contribution in [0.25, 0.3) is 10.7 Å². The molecule has 1 saturated heterocycles. The number of fused-ring (bicyclic) bond motifs is 1. The number of thiazole rings is 1. The first-order valence-electron chi connectivity index (χ1n) is 10.6. The van der Waals surface area contributed by atoms with Crippen LogP contribution < -0.4 is 4.74 Å². The van der Waals surface area contributed by atoms with Gasteiger partial charge < -0.3 is 19.1 Å². The highest BCUT2D eigenvalue weighted by Crippen LogP contribution is 2.33. The topological polar surface area (TPSA) is 115 Å². The number of benzene rings is 1. The number of nitrogens with zero attached hydrogens (tertiary/aromatic N) is 4. The quantitative estimate of drug-likeness (QED) is 0.527. The van der Waals surface area contributed by atoms with Gasteiger partial charge in [0, 0.05) is 24.4 Å². The van der Waals surface area contributed by atoms with E-state index in [-0.39, 0.29) is 24.6 Å². The largest absolute Gasteiger partial charge is 0.495 e. The summed E-state index contributed by atoms with van der Waals surface area (Å²) in [5.41, 5.74) is 4.25. The number of esters is 1. The predicted molar refractivity (Wildman–Crippen MR) is 122 cm³/mol. The van der Waals surface area contributed by atoms with Gasteiger partial charge in [-0.05, 0) is 24.1 Å². The number of methoxy groups -OCH3 is 1. The third kappa shape index (κ3) is 3.79. The first kappa shape index (κ1) is 22.0. The van der Waals surface area contributed by atoms with Crippen molar-refractivity contribution < 1.29 is 23.8 Å². The third-order valence-electron chi connectivity index (χ3n) is 6.05. The fourth-order valence-corrected chi connectivity index (χ4v) is 5.04. The molecule has 5 rings (SSSR count). The number of hydrogen-bond acceptors (Lipinski definition) is 9. The number of aromatic nitrogens is 2. The fourth-order valence-electron chi connectivity index (χ4n) is 4.19. The van der Waals surface area contributed by atoms with Gasteiger partial charge in [-0.25, -0.2) is 9.78 Å². The van der Waals surface area contributed by atoms with E-state index in [1.54, 1.807) is 23.2 Å². The Morgan fingerprint density at radius 3 is 2.97 bits per heavy atom. The molecule has 10 heteroatoms.